The lowest BCUT2D eigenvalue weighted by Gasteiger charge is -2.21. The summed E-state index contributed by atoms with van der Waals surface area (Å²) in [5, 5.41) is 6.50. The molecule has 36 heavy (non-hydrogen) atoms. The first kappa shape index (κ1) is 26.1. The first-order valence-electron chi connectivity index (χ1n) is 11.5. The number of aromatic nitrogens is 3. The van der Waals surface area contributed by atoms with Crippen molar-refractivity contribution in [1.82, 2.24) is 24.2 Å². The zero-order chi connectivity index (χ0) is 26.0. The maximum Gasteiger partial charge on any atom is 0.244 e. The van der Waals surface area contributed by atoms with E-state index >= 15 is 0 Å². The maximum absolute atomic E-state index is 12.7. The predicted molar refractivity (Wildman–Crippen MR) is 144 cm³/mol. The number of rotatable bonds is 8. The number of hydrogen-bond acceptors (Lipinski definition) is 9. The molecule has 1 aromatic carbocycles. The zero-order valence-corrected chi connectivity index (χ0v) is 22.6. The molecule has 0 amide bonds. The second-order valence-electron chi connectivity index (χ2n) is 9.08. The van der Waals surface area contributed by atoms with Gasteiger partial charge in [-0.1, -0.05) is 23.7 Å². The van der Waals surface area contributed by atoms with Gasteiger partial charge in [-0.15, -0.1) is 0 Å². The summed E-state index contributed by atoms with van der Waals surface area (Å²) in [4.78, 5) is 18.2. The van der Waals surface area contributed by atoms with E-state index in [0.29, 0.717) is 17.7 Å². The van der Waals surface area contributed by atoms with Crippen molar-refractivity contribution >= 4 is 50.6 Å². The summed E-state index contributed by atoms with van der Waals surface area (Å²) in [6.45, 7) is 3.86. The van der Waals surface area contributed by atoms with E-state index in [9.17, 15) is 8.42 Å². The van der Waals surface area contributed by atoms with Crippen LogP contribution in [-0.4, -0.2) is 79.9 Å². The van der Waals surface area contributed by atoms with Crippen LogP contribution in [0.25, 0.3) is 0 Å². The number of nitrogens with zero attached hydrogens (tertiary/aromatic N) is 6. The van der Waals surface area contributed by atoms with Crippen LogP contribution in [0.2, 0.25) is 5.02 Å². The third-order valence-electron chi connectivity index (χ3n) is 6.18. The molecule has 1 atom stereocenters. The quantitative estimate of drug-likeness (QED) is 0.450. The number of nitrogens with one attached hydrogen (secondary N) is 2. The van der Waals surface area contributed by atoms with Gasteiger partial charge >= 0.3 is 0 Å². The number of halogens is 1. The maximum atomic E-state index is 12.7. The summed E-state index contributed by atoms with van der Waals surface area (Å²) in [5.41, 5.74) is 1.95. The Balaban J connectivity index is 1.54. The third-order valence-corrected chi connectivity index (χ3v) is 8.33. The summed E-state index contributed by atoms with van der Waals surface area (Å²) >= 11 is 6.34. The van der Waals surface area contributed by atoms with E-state index in [1.807, 2.05) is 19.1 Å². The molecule has 1 aliphatic rings. The Morgan fingerprint density at radius 2 is 1.78 bits per heavy atom. The Bertz CT molecular complexity index is 1350. The van der Waals surface area contributed by atoms with E-state index in [1.54, 1.807) is 18.2 Å². The van der Waals surface area contributed by atoms with Crippen LogP contribution in [-0.2, 0) is 10.0 Å². The number of benzene rings is 1. The smallest absolute Gasteiger partial charge is 0.244 e. The molecule has 3 heterocycles. The second kappa shape index (κ2) is 10.6. The van der Waals surface area contributed by atoms with Crippen molar-refractivity contribution < 1.29 is 8.42 Å². The molecular formula is C24H31ClN8O2S. The van der Waals surface area contributed by atoms with E-state index in [1.165, 1.54) is 26.4 Å². The summed E-state index contributed by atoms with van der Waals surface area (Å²) in [5.74, 6) is 1.53. The topological polar surface area (TPSA) is 107 Å². The molecule has 3 aromatic rings. The average molecular weight is 531 g/mol. The summed E-state index contributed by atoms with van der Waals surface area (Å²) in [7, 11) is 3.51. The molecule has 2 N–H and O–H groups in total. The van der Waals surface area contributed by atoms with Crippen LogP contribution in [0.5, 0.6) is 0 Å². The predicted octanol–water partition coefficient (Wildman–Crippen LogP) is 3.71. The van der Waals surface area contributed by atoms with Crippen LogP contribution >= 0.6 is 11.6 Å². The minimum Gasteiger partial charge on any atom is -0.355 e. The first-order valence-corrected chi connectivity index (χ1v) is 13.3. The minimum atomic E-state index is -3.67. The third kappa shape index (κ3) is 5.54. The van der Waals surface area contributed by atoms with Gasteiger partial charge < -0.3 is 20.4 Å². The molecule has 0 unspecified atom stereocenters. The monoisotopic (exact) mass is 530 g/mol. The molecule has 4 rings (SSSR count). The molecule has 1 saturated heterocycles. The Hall–Kier alpha value is -2.99. The highest BCUT2D eigenvalue weighted by Crippen LogP contribution is 2.30. The number of anilines is 5. The first-order chi connectivity index (χ1) is 17.1. The number of sulfonamides is 1. The summed E-state index contributed by atoms with van der Waals surface area (Å²) in [6, 6.07) is 11.1. The Labute approximate surface area is 217 Å². The van der Waals surface area contributed by atoms with Crippen LogP contribution in [0, 0.1) is 6.92 Å². The van der Waals surface area contributed by atoms with E-state index in [4.69, 9.17) is 16.6 Å². The molecular weight excluding hydrogens is 500 g/mol. The number of hydrogen-bond donors (Lipinski definition) is 2. The van der Waals surface area contributed by atoms with E-state index in [-0.39, 0.29) is 15.7 Å². The van der Waals surface area contributed by atoms with E-state index in [2.05, 4.69) is 44.5 Å². The molecule has 0 radical (unpaired) electrons. The molecule has 0 bridgehead atoms. The molecule has 12 heteroatoms. The van der Waals surface area contributed by atoms with Gasteiger partial charge in [0.15, 0.2) is 5.82 Å². The van der Waals surface area contributed by atoms with Crippen LogP contribution in [0.1, 0.15) is 12.1 Å². The average Bonchev–Trinajstić information content (AvgIpc) is 3.33. The SMILES string of the molecule is Cc1nc(N2CC[C@@H](N(C)C)C2)ccc1Nc1ncc(Cl)c(Nc2ccccc2S(=O)(=O)N(C)C)n1. The number of para-hydroxylation sites is 1. The Morgan fingerprint density at radius 3 is 2.44 bits per heavy atom. The van der Waals surface area contributed by atoms with Crippen LogP contribution in [0.4, 0.5) is 29.0 Å². The number of likely N-dealkylation sites (N-methyl/N-ethyl adjacent to an activating group) is 1. The summed E-state index contributed by atoms with van der Waals surface area (Å²) in [6.07, 6.45) is 2.58. The lowest BCUT2D eigenvalue weighted by Crippen LogP contribution is -2.31. The van der Waals surface area contributed by atoms with Crippen LogP contribution < -0.4 is 15.5 Å². The number of aryl methyl sites for hydroxylation is 1. The normalized spacial score (nSPS) is 16.1. The van der Waals surface area contributed by atoms with E-state index in [0.717, 1.165) is 41.0 Å². The number of pyridine rings is 1. The standard InChI is InChI=1S/C24H31ClN8O2S/c1-16-19(10-11-22(27-16)33-13-12-17(15-33)31(2)3)29-24-26-14-18(25)23(30-24)28-20-8-6-7-9-21(20)36(34,35)32(4)5/h6-11,14,17H,12-13,15H2,1-5H3,(H2,26,28,29,30)/t17-/m1/s1. The van der Waals surface area contributed by atoms with Gasteiger partial charge in [0, 0.05) is 33.2 Å². The molecule has 192 valence electrons. The Morgan fingerprint density at radius 1 is 1.03 bits per heavy atom. The van der Waals surface area contributed by atoms with Crippen molar-refractivity contribution in [2.24, 2.45) is 0 Å². The van der Waals surface area contributed by atoms with Crippen molar-refractivity contribution in [2.45, 2.75) is 24.3 Å². The van der Waals surface area contributed by atoms with Gasteiger partial charge in [0.05, 0.1) is 23.3 Å². The molecule has 10 nitrogen and oxygen atoms in total. The minimum absolute atomic E-state index is 0.119. The van der Waals surface area contributed by atoms with Gasteiger partial charge in [-0.2, -0.15) is 4.98 Å². The van der Waals surface area contributed by atoms with Gasteiger partial charge in [-0.05, 0) is 51.7 Å². The van der Waals surface area contributed by atoms with Crippen molar-refractivity contribution in [1.29, 1.82) is 0 Å². The molecule has 0 saturated carbocycles. The van der Waals surface area contributed by atoms with Gasteiger partial charge in [0.25, 0.3) is 0 Å². The highest BCUT2D eigenvalue weighted by atomic mass is 35.5. The van der Waals surface area contributed by atoms with Gasteiger partial charge in [-0.3, -0.25) is 0 Å². The fraction of sp³-hybridized carbons (Fsp3) is 0.375. The molecule has 0 aliphatic carbocycles. The van der Waals surface area contributed by atoms with Crippen molar-refractivity contribution in [3.8, 4) is 0 Å². The molecule has 0 spiro atoms. The van der Waals surface area contributed by atoms with Gasteiger partial charge in [0.2, 0.25) is 16.0 Å². The summed E-state index contributed by atoms with van der Waals surface area (Å²) < 4.78 is 26.6. The molecule has 1 aliphatic heterocycles. The van der Waals surface area contributed by atoms with Crippen LogP contribution in [0.15, 0.2) is 47.5 Å². The second-order valence-corrected chi connectivity index (χ2v) is 11.6. The van der Waals surface area contributed by atoms with Crippen molar-refractivity contribution in [3.63, 3.8) is 0 Å². The van der Waals surface area contributed by atoms with Gasteiger partial charge in [0.1, 0.15) is 15.7 Å². The molecule has 1 fully saturated rings. The molecule has 2 aromatic heterocycles. The van der Waals surface area contributed by atoms with Crippen LogP contribution in [0.3, 0.4) is 0 Å². The Kier molecular flexibility index (Phi) is 7.65. The fourth-order valence-electron chi connectivity index (χ4n) is 3.98. The van der Waals surface area contributed by atoms with E-state index < -0.39 is 10.0 Å². The highest BCUT2D eigenvalue weighted by Gasteiger charge is 2.25. The lowest BCUT2D eigenvalue weighted by molar-refractivity contribution is 0.315. The highest BCUT2D eigenvalue weighted by molar-refractivity contribution is 7.89. The largest absolute Gasteiger partial charge is 0.355 e. The lowest BCUT2D eigenvalue weighted by atomic mass is 10.2. The van der Waals surface area contributed by atoms with Crippen molar-refractivity contribution in [3.05, 3.63) is 53.3 Å². The fourth-order valence-corrected chi connectivity index (χ4v) is 5.16. The zero-order valence-electron chi connectivity index (χ0n) is 21.0. The van der Waals surface area contributed by atoms with Gasteiger partial charge in [-0.25, -0.2) is 22.7 Å². The van der Waals surface area contributed by atoms with Crippen molar-refractivity contribution in [2.75, 3.05) is 56.8 Å².